The molecule has 5 aromatic rings. The molecule has 13 heteroatoms. The van der Waals surface area contributed by atoms with Crippen LogP contribution in [0.15, 0.2) is 71.1 Å². The molecule has 3 aromatic carbocycles. The SMILES string of the molecule is Cc1nc2ccc(NC(=O)c3cccc(-n4nc(C(F)(F)F)c(Cl)c4COc4ccc(C(=O)O)cc4)c3)cc2o1. The molecule has 0 aliphatic carbocycles. The molecule has 2 aromatic heterocycles. The first-order valence-electron chi connectivity index (χ1n) is 11.6. The molecule has 40 heavy (non-hydrogen) atoms. The van der Waals surface area contributed by atoms with Gasteiger partial charge in [0.05, 0.1) is 16.3 Å². The molecule has 2 N–H and O–H groups in total. The van der Waals surface area contributed by atoms with Crippen molar-refractivity contribution in [1.82, 2.24) is 14.8 Å². The molecular formula is C27H18ClF3N4O5. The van der Waals surface area contributed by atoms with Gasteiger partial charge >= 0.3 is 12.1 Å². The third kappa shape index (κ3) is 5.47. The predicted octanol–water partition coefficient (Wildman–Crippen LogP) is 6.52. The Morgan fingerprint density at radius 2 is 1.82 bits per heavy atom. The summed E-state index contributed by atoms with van der Waals surface area (Å²) in [5.41, 5.74) is 0.385. The van der Waals surface area contributed by atoms with E-state index in [0.29, 0.717) is 22.7 Å². The van der Waals surface area contributed by atoms with Crippen LogP contribution in [0, 0.1) is 6.92 Å². The Morgan fingerprint density at radius 3 is 2.52 bits per heavy atom. The van der Waals surface area contributed by atoms with Crippen LogP contribution in [-0.4, -0.2) is 31.7 Å². The maximum absolute atomic E-state index is 13.7. The zero-order valence-corrected chi connectivity index (χ0v) is 21.2. The van der Waals surface area contributed by atoms with E-state index < -0.39 is 35.4 Å². The number of halogens is 4. The van der Waals surface area contributed by atoms with Crippen molar-refractivity contribution >= 4 is 40.3 Å². The number of nitrogens with one attached hydrogen (secondary N) is 1. The highest BCUT2D eigenvalue weighted by molar-refractivity contribution is 6.32. The number of anilines is 1. The summed E-state index contributed by atoms with van der Waals surface area (Å²) in [6, 6.07) is 16.1. The summed E-state index contributed by atoms with van der Waals surface area (Å²) in [4.78, 5) is 28.2. The molecule has 9 nitrogen and oxygen atoms in total. The molecule has 5 rings (SSSR count). The maximum atomic E-state index is 13.7. The largest absolute Gasteiger partial charge is 0.487 e. The van der Waals surface area contributed by atoms with E-state index in [-0.39, 0.29) is 28.3 Å². The normalized spacial score (nSPS) is 11.5. The number of carbonyl (C=O) groups is 2. The van der Waals surface area contributed by atoms with Crippen molar-refractivity contribution in [3.05, 3.63) is 100 Å². The van der Waals surface area contributed by atoms with Crippen molar-refractivity contribution in [3.63, 3.8) is 0 Å². The lowest BCUT2D eigenvalue weighted by molar-refractivity contribution is -0.141. The molecule has 0 atom stereocenters. The number of nitrogens with zero attached hydrogens (tertiary/aromatic N) is 3. The second-order valence-electron chi connectivity index (χ2n) is 8.56. The number of aromatic carboxylic acids is 1. The van der Waals surface area contributed by atoms with E-state index in [1.54, 1.807) is 25.1 Å². The smallest absolute Gasteiger partial charge is 0.436 e. The highest BCUT2D eigenvalue weighted by atomic mass is 35.5. The molecule has 1 amide bonds. The van der Waals surface area contributed by atoms with E-state index in [1.807, 2.05) is 0 Å². The lowest BCUT2D eigenvalue weighted by Crippen LogP contribution is -2.13. The van der Waals surface area contributed by atoms with Gasteiger partial charge in [-0.25, -0.2) is 14.5 Å². The summed E-state index contributed by atoms with van der Waals surface area (Å²) in [5, 5.41) is 14.8. The topological polar surface area (TPSA) is 119 Å². The van der Waals surface area contributed by atoms with E-state index in [9.17, 15) is 22.8 Å². The highest BCUT2D eigenvalue weighted by Crippen LogP contribution is 2.37. The van der Waals surface area contributed by atoms with Crippen molar-refractivity contribution in [3.8, 4) is 11.4 Å². The number of ether oxygens (including phenoxy) is 1. The molecule has 2 heterocycles. The van der Waals surface area contributed by atoms with Gasteiger partial charge in [-0.2, -0.15) is 18.3 Å². The summed E-state index contributed by atoms with van der Waals surface area (Å²) in [7, 11) is 0. The molecule has 0 radical (unpaired) electrons. The monoisotopic (exact) mass is 570 g/mol. The van der Waals surface area contributed by atoms with Crippen molar-refractivity contribution in [1.29, 1.82) is 0 Å². The fourth-order valence-corrected chi connectivity index (χ4v) is 4.18. The van der Waals surface area contributed by atoms with Crippen LogP contribution in [0.25, 0.3) is 16.8 Å². The summed E-state index contributed by atoms with van der Waals surface area (Å²) < 4.78 is 53.0. The molecule has 204 valence electrons. The van der Waals surface area contributed by atoms with Gasteiger partial charge in [0.1, 0.15) is 23.6 Å². The number of aryl methyl sites for hydroxylation is 1. The van der Waals surface area contributed by atoms with Gasteiger partial charge in [-0.3, -0.25) is 4.79 Å². The molecule has 0 bridgehead atoms. The zero-order chi connectivity index (χ0) is 28.6. The van der Waals surface area contributed by atoms with Crippen LogP contribution in [0.1, 0.15) is 38.0 Å². The number of hydrogen-bond donors (Lipinski definition) is 2. The Kier molecular flexibility index (Phi) is 6.94. The molecule has 0 spiro atoms. The number of carboxylic acid groups (broad SMARTS) is 1. The predicted molar refractivity (Wildman–Crippen MR) is 138 cm³/mol. The van der Waals surface area contributed by atoms with E-state index in [0.717, 1.165) is 4.68 Å². The number of amides is 1. The first-order chi connectivity index (χ1) is 19.0. The van der Waals surface area contributed by atoms with Crippen LogP contribution < -0.4 is 10.1 Å². The van der Waals surface area contributed by atoms with Gasteiger partial charge < -0.3 is 19.6 Å². The number of fused-ring (bicyclic) bond motifs is 1. The number of alkyl halides is 3. The minimum Gasteiger partial charge on any atom is -0.487 e. The van der Waals surface area contributed by atoms with Crippen LogP contribution in [0.4, 0.5) is 18.9 Å². The number of carboxylic acids is 1. The van der Waals surface area contributed by atoms with E-state index >= 15 is 0 Å². The summed E-state index contributed by atoms with van der Waals surface area (Å²) in [6.45, 7) is 1.27. The van der Waals surface area contributed by atoms with Crippen LogP contribution >= 0.6 is 11.6 Å². The van der Waals surface area contributed by atoms with Gasteiger partial charge in [0, 0.05) is 24.2 Å². The Hall–Kier alpha value is -4.84. The number of rotatable bonds is 7. The molecule has 0 saturated carbocycles. The minimum atomic E-state index is -4.85. The number of carbonyl (C=O) groups excluding carboxylic acids is 1. The average Bonchev–Trinajstić information content (AvgIpc) is 3.45. The summed E-state index contributed by atoms with van der Waals surface area (Å²) in [5.74, 6) is -0.989. The number of oxazole rings is 1. The van der Waals surface area contributed by atoms with Gasteiger partial charge in [0.25, 0.3) is 5.91 Å². The molecule has 0 saturated heterocycles. The van der Waals surface area contributed by atoms with Crippen molar-refractivity contribution in [2.45, 2.75) is 19.7 Å². The molecular weight excluding hydrogens is 553 g/mol. The van der Waals surface area contributed by atoms with Crippen LogP contribution in [-0.2, 0) is 12.8 Å². The van der Waals surface area contributed by atoms with Crippen LogP contribution in [0.5, 0.6) is 5.75 Å². The quantitative estimate of drug-likeness (QED) is 0.228. The van der Waals surface area contributed by atoms with E-state index in [2.05, 4.69) is 15.4 Å². The van der Waals surface area contributed by atoms with Crippen molar-refractivity contribution in [2.24, 2.45) is 0 Å². The molecule has 0 fully saturated rings. The molecule has 0 aliphatic rings. The van der Waals surface area contributed by atoms with Crippen LogP contribution in [0.2, 0.25) is 5.02 Å². The lowest BCUT2D eigenvalue weighted by atomic mass is 10.1. The number of hydrogen-bond acceptors (Lipinski definition) is 6. The second kappa shape index (κ2) is 10.4. The van der Waals surface area contributed by atoms with Crippen LogP contribution in [0.3, 0.4) is 0 Å². The van der Waals surface area contributed by atoms with Gasteiger partial charge in [0.2, 0.25) is 0 Å². The van der Waals surface area contributed by atoms with Crippen molar-refractivity contribution < 1.29 is 37.0 Å². The minimum absolute atomic E-state index is 0.0146. The summed E-state index contributed by atoms with van der Waals surface area (Å²) >= 11 is 6.10. The molecule has 0 aliphatic heterocycles. The average molecular weight is 571 g/mol. The second-order valence-corrected chi connectivity index (χ2v) is 8.93. The van der Waals surface area contributed by atoms with Gasteiger partial charge in [0.15, 0.2) is 17.2 Å². The summed E-state index contributed by atoms with van der Waals surface area (Å²) in [6.07, 6.45) is -4.85. The van der Waals surface area contributed by atoms with E-state index in [1.165, 1.54) is 48.5 Å². The zero-order valence-electron chi connectivity index (χ0n) is 20.5. The number of benzene rings is 3. The standard InChI is InChI=1S/C27H18ClF3N4O5/c1-14-32-20-10-7-17(12-22(20)40-14)33-25(36)16-3-2-4-18(11-16)35-21(23(28)24(34-35)27(29,30)31)13-39-19-8-5-15(6-9-19)26(37)38/h2-12H,13H2,1H3,(H,33,36)(H,37,38). The van der Waals surface area contributed by atoms with Crippen molar-refractivity contribution in [2.75, 3.05) is 5.32 Å². The number of aromatic nitrogens is 3. The fourth-order valence-electron chi connectivity index (χ4n) is 3.90. The lowest BCUT2D eigenvalue weighted by Gasteiger charge is -2.11. The van der Waals surface area contributed by atoms with Gasteiger partial charge in [-0.15, -0.1) is 0 Å². The third-order valence-electron chi connectivity index (χ3n) is 5.77. The van der Waals surface area contributed by atoms with E-state index in [4.69, 9.17) is 25.9 Å². The Morgan fingerprint density at radius 1 is 1.07 bits per heavy atom. The Labute approximate surface area is 228 Å². The first-order valence-corrected chi connectivity index (χ1v) is 12.0. The first kappa shape index (κ1) is 26.8. The van der Waals surface area contributed by atoms with Gasteiger partial charge in [-0.1, -0.05) is 17.7 Å². The highest BCUT2D eigenvalue weighted by Gasteiger charge is 2.39. The van der Waals surface area contributed by atoms with Gasteiger partial charge in [-0.05, 0) is 54.6 Å². The Bertz CT molecular complexity index is 1750. The Balaban J connectivity index is 1.44. The molecule has 0 unspecified atom stereocenters. The fraction of sp³-hybridized carbons (Fsp3) is 0.111. The third-order valence-corrected chi connectivity index (χ3v) is 6.17. The maximum Gasteiger partial charge on any atom is 0.436 e.